The van der Waals surface area contributed by atoms with Crippen LogP contribution in [0.1, 0.15) is 24.1 Å². The zero-order valence-electron chi connectivity index (χ0n) is 9.82. The maximum Gasteiger partial charge on any atom is 0.0303 e. The van der Waals surface area contributed by atoms with Crippen LogP contribution in [0.15, 0.2) is 45.6 Å². The molecule has 1 N–H and O–H groups in total. The molecule has 2 rings (SSSR count). The summed E-state index contributed by atoms with van der Waals surface area (Å²) in [5.74, 6) is 0. The summed E-state index contributed by atoms with van der Waals surface area (Å²) in [6.07, 6.45) is 1.10. The van der Waals surface area contributed by atoms with Gasteiger partial charge in [0, 0.05) is 10.5 Å². The third-order valence-corrected chi connectivity index (χ3v) is 4.27. The van der Waals surface area contributed by atoms with E-state index in [0.717, 1.165) is 13.0 Å². The van der Waals surface area contributed by atoms with E-state index in [-0.39, 0.29) is 0 Å². The van der Waals surface area contributed by atoms with Crippen LogP contribution >= 0.6 is 27.3 Å². The van der Waals surface area contributed by atoms with Crippen LogP contribution in [0.5, 0.6) is 0 Å². The Bertz CT molecular complexity index is 453. The van der Waals surface area contributed by atoms with Crippen LogP contribution in [0.25, 0.3) is 0 Å². The maximum atomic E-state index is 3.59. The Kier molecular flexibility index (Phi) is 4.77. The number of halogens is 1. The molecule has 0 amide bonds. The minimum absolute atomic E-state index is 0.379. The Balaban J connectivity index is 1.85. The SMILES string of the molecule is C[C@@H](NCCc1ccsc1)c1ccccc1Br. The second-order valence-corrected chi connectivity index (χ2v) is 5.71. The first-order valence-corrected chi connectivity index (χ1v) is 7.50. The molecule has 1 aromatic carbocycles. The molecule has 2 aromatic rings. The third-order valence-electron chi connectivity index (χ3n) is 2.82. The van der Waals surface area contributed by atoms with Gasteiger partial charge in [-0.15, -0.1) is 0 Å². The monoisotopic (exact) mass is 309 g/mol. The van der Waals surface area contributed by atoms with Crippen molar-refractivity contribution in [2.24, 2.45) is 0 Å². The van der Waals surface area contributed by atoms with Crippen molar-refractivity contribution in [1.82, 2.24) is 5.32 Å². The number of hydrogen-bond donors (Lipinski definition) is 1. The van der Waals surface area contributed by atoms with Crippen molar-refractivity contribution >= 4 is 27.3 Å². The van der Waals surface area contributed by atoms with E-state index in [0.29, 0.717) is 6.04 Å². The van der Waals surface area contributed by atoms with E-state index in [1.165, 1.54) is 15.6 Å². The van der Waals surface area contributed by atoms with Gasteiger partial charge in [-0.1, -0.05) is 34.1 Å². The maximum absolute atomic E-state index is 3.59. The topological polar surface area (TPSA) is 12.0 Å². The third kappa shape index (κ3) is 3.66. The molecule has 0 bridgehead atoms. The van der Waals surface area contributed by atoms with Gasteiger partial charge in [0.25, 0.3) is 0 Å². The average molecular weight is 310 g/mol. The molecule has 17 heavy (non-hydrogen) atoms. The van der Waals surface area contributed by atoms with E-state index in [4.69, 9.17) is 0 Å². The fraction of sp³-hybridized carbons (Fsp3) is 0.286. The van der Waals surface area contributed by atoms with Gasteiger partial charge >= 0.3 is 0 Å². The van der Waals surface area contributed by atoms with Gasteiger partial charge in [-0.2, -0.15) is 11.3 Å². The molecule has 3 heteroatoms. The smallest absolute Gasteiger partial charge is 0.0303 e. The van der Waals surface area contributed by atoms with E-state index in [9.17, 15) is 0 Å². The zero-order valence-corrected chi connectivity index (χ0v) is 12.2. The average Bonchev–Trinajstić information content (AvgIpc) is 2.82. The molecular formula is C14H16BrNS. The van der Waals surface area contributed by atoms with Gasteiger partial charge < -0.3 is 5.32 Å². The summed E-state index contributed by atoms with van der Waals surface area (Å²) in [5.41, 5.74) is 2.74. The molecule has 1 heterocycles. The molecule has 0 unspecified atom stereocenters. The summed E-state index contributed by atoms with van der Waals surface area (Å²) in [7, 11) is 0. The van der Waals surface area contributed by atoms with Crippen LogP contribution in [-0.4, -0.2) is 6.54 Å². The number of hydrogen-bond acceptors (Lipinski definition) is 2. The summed E-state index contributed by atoms with van der Waals surface area (Å²) in [6, 6.07) is 10.9. The summed E-state index contributed by atoms with van der Waals surface area (Å²) < 4.78 is 1.18. The van der Waals surface area contributed by atoms with Gasteiger partial charge in [0.2, 0.25) is 0 Å². The van der Waals surface area contributed by atoms with Gasteiger partial charge in [0.1, 0.15) is 0 Å². The number of thiophene rings is 1. The largest absolute Gasteiger partial charge is 0.310 e. The highest BCUT2D eigenvalue weighted by Crippen LogP contribution is 2.22. The molecule has 0 radical (unpaired) electrons. The second-order valence-electron chi connectivity index (χ2n) is 4.08. The predicted molar refractivity (Wildman–Crippen MR) is 78.6 cm³/mol. The Hall–Kier alpha value is -0.640. The van der Waals surface area contributed by atoms with Crippen molar-refractivity contribution < 1.29 is 0 Å². The molecule has 1 nitrogen and oxygen atoms in total. The van der Waals surface area contributed by atoms with Gasteiger partial charge in [-0.05, 0) is 53.9 Å². The molecule has 1 aromatic heterocycles. The van der Waals surface area contributed by atoms with E-state index in [1.807, 2.05) is 6.07 Å². The van der Waals surface area contributed by atoms with Crippen molar-refractivity contribution in [3.8, 4) is 0 Å². The van der Waals surface area contributed by atoms with Crippen LogP contribution in [0.2, 0.25) is 0 Å². The van der Waals surface area contributed by atoms with Crippen molar-refractivity contribution in [2.45, 2.75) is 19.4 Å². The molecule has 0 aliphatic carbocycles. The molecule has 0 saturated carbocycles. The minimum atomic E-state index is 0.379. The second kappa shape index (κ2) is 6.34. The number of nitrogens with one attached hydrogen (secondary N) is 1. The molecule has 0 aliphatic rings. The highest BCUT2D eigenvalue weighted by molar-refractivity contribution is 9.10. The van der Waals surface area contributed by atoms with Gasteiger partial charge in [0.15, 0.2) is 0 Å². The number of rotatable bonds is 5. The lowest BCUT2D eigenvalue weighted by Crippen LogP contribution is -2.21. The zero-order chi connectivity index (χ0) is 12.1. The number of benzene rings is 1. The summed E-state index contributed by atoms with van der Waals surface area (Å²) >= 11 is 5.35. The van der Waals surface area contributed by atoms with Crippen molar-refractivity contribution in [2.75, 3.05) is 6.54 Å². The standard InChI is InChI=1S/C14H16BrNS/c1-11(13-4-2-3-5-14(13)15)16-8-6-12-7-9-17-10-12/h2-5,7,9-11,16H,6,8H2,1H3/t11-/m1/s1. The Morgan fingerprint density at radius 1 is 1.29 bits per heavy atom. The van der Waals surface area contributed by atoms with Crippen LogP contribution in [0.4, 0.5) is 0 Å². The Morgan fingerprint density at radius 2 is 2.12 bits per heavy atom. The lowest BCUT2D eigenvalue weighted by molar-refractivity contribution is 0.575. The van der Waals surface area contributed by atoms with Crippen molar-refractivity contribution in [1.29, 1.82) is 0 Å². The lowest BCUT2D eigenvalue weighted by atomic mass is 10.1. The summed E-state index contributed by atoms with van der Waals surface area (Å²) in [6.45, 7) is 3.22. The predicted octanol–water partition coefficient (Wildman–Crippen LogP) is 4.40. The minimum Gasteiger partial charge on any atom is -0.310 e. The van der Waals surface area contributed by atoms with Gasteiger partial charge in [-0.25, -0.2) is 0 Å². The van der Waals surface area contributed by atoms with Crippen LogP contribution < -0.4 is 5.32 Å². The fourth-order valence-corrected chi connectivity index (χ4v) is 3.14. The molecule has 0 saturated heterocycles. The molecule has 0 fully saturated rings. The van der Waals surface area contributed by atoms with Crippen LogP contribution in [0.3, 0.4) is 0 Å². The highest BCUT2D eigenvalue weighted by Gasteiger charge is 2.07. The molecular weight excluding hydrogens is 294 g/mol. The van der Waals surface area contributed by atoms with Gasteiger partial charge in [-0.3, -0.25) is 0 Å². The van der Waals surface area contributed by atoms with E-state index in [1.54, 1.807) is 11.3 Å². The molecule has 0 spiro atoms. The van der Waals surface area contributed by atoms with Gasteiger partial charge in [0.05, 0.1) is 0 Å². The van der Waals surface area contributed by atoms with E-state index >= 15 is 0 Å². The molecule has 0 aliphatic heterocycles. The van der Waals surface area contributed by atoms with Crippen molar-refractivity contribution in [3.05, 3.63) is 56.7 Å². The van der Waals surface area contributed by atoms with E-state index in [2.05, 4.69) is 63.2 Å². The Morgan fingerprint density at radius 3 is 2.82 bits per heavy atom. The molecule has 90 valence electrons. The van der Waals surface area contributed by atoms with Crippen LogP contribution in [0, 0.1) is 0 Å². The summed E-state index contributed by atoms with van der Waals surface area (Å²) in [4.78, 5) is 0. The quantitative estimate of drug-likeness (QED) is 0.863. The van der Waals surface area contributed by atoms with Crippen molar-refractivity contribution in [3.63, 3.8) is 0 Å². The lowest BCUT2D eigenvalue weighted by Gasteiger charge is -2.15. The van der Waals surface area contributed by atoms with Crippen LogP contribution in [-0.2, 0) is 6.42 Å². The van der Waals surface area contributed by atoms with E-state index < -0.39 is 0 Å². The normalized spacial score (nSPS) is 12.6. The first-order chi connectivity index (χ1) is 8.27. The first kappa shape index (κ1) is 12.8. The highest BCUT2D eigenvalue weighted by atomic mass is 79.9. The Labute approximate surface area is 115 Å². The first-order valence-electron chi connectivity index (χ1n) is 5.76. The molecule has 1 atom stereocenters. The summed E-state index contributed by atoms with van der Waals surface area (Å²) in [5, 5.41) is 7.90. The fourth-order valence-electron chi connectivity index (χ4n) is 1.80.